The van der Waals surface area contributed by atoms with Crippen molar-refractivity contribution in [1.29, 1.82) is 5.26 Å². The zero-order chi connectivity index (χ0) is 14.6. The van der Waals surface area contributed by atoms with E-state index in [1.165, 1.54) is 12.1 Å². The molecular weight excluding hydrogens is 251 g/mol. The molecule has 1 fully saturated rings. The van der Waals surface area contributed by atoms with Crippen molar-refractivity contribution in [2.75, 3.05) is 13.1 Å². The van der Waals surface area contributed by atoms with Gasteiger partial charge in [-0.1, -0.05) is 26.0 Å². The number of halogens is 1. The molecule has 0 spiro atoms. The van der Waals surface area contributed by atoms with Gasteiger partial charge in [0.2, 0.25) is 0 Å². The van der Waals surface area contributed by atoms with Gasteiger partial charge in [-0.3, -0.25) is 4.90 Å². The number of rotatable bonds is 4. The van der Waals surface area contributed by atoms with Gasteiger partial charge in [0, 0.05) is 13.0 Å². The molecule has 0 aromatic heterocycles. The highest BCUT2D eigenvalue weighted by atomic mass is 19.1. The molecule has 3 heteroatoms. The predicted octanol–water partition coefficient (Wildman–Crippen LogP) is 3.98. The lowest BCUT2D eigenvalue weighted by atomic mass is 9.68. The van der Waals surface area contributed by atoms with Crippen LogP contribution in [0.3, 0.4) is 0 Å². The minimum atomic E-state index is -0.180. The van der Waals surface area contributed by atoms with Gasteiger partial charge in [-0.15, -0.1) is 0 Å². The largest absolute Gasteiger partial charge is 0.299 e. The molecule has 108 valence electrons. The average Bonchev–Trinajstić information content (AvgIpc) is 2.44. The van der Waals surface area contributed by atoms with Gasteiger partial charge in [0.1, 0.15) is 5.82 Å². The molecular formula is C17H23FN2. The molecule has 1 aliphatic rings. The van der Waals surface area contributed by atoms with Crippen LogP contribution >= 0.6 is 0 Å². The first-order chi connectivity index (χ1) is 9.55. The first kappa shape index (κ1) is 15.0. The van der Waals surface area contributed by atoms with Gasteiger partial charge in [-0.25, -0.2) is 4.39 Å². The monoisotopic (exact) mass is 274 g/mol. The minimum absolute atomic E-state index is 0.180. The van der Waals surface area contributed by atoms with Crippen LogP contribution in [0.4, 0.5) is 4.39 Å². The normalized spacial score (nSPS) is 18.9. The van der Waals surface area contributed by atoms with E-state index in [9.17, 15) is 4.39 Å². The summed E-state index contributed by atoms with van der Waals surface area (Å²) in [6.45, 7) is 7.38. The fourth-order valence-corrected chi connectivity index (χ4v) is 3.12. The maximum atomic E-state index is 12.9. The summed E-state index contributed by atoms with van der Waals surface area (Å²) in [5.41, 5.74) is 1.34. The number of likely N-dealkylation sites (tertiary alicyclic amines) is 1. The van der Waals surface area contributed by atoms with Crippen molar-refractivity contribution in [3.8, 4) is 6.07 Å². The Hall–Kier alpha value is -1.40. The third-order valence-electron chi connectivity index (χ3n) is 4.83. The van der Waals surface area contributed by atoms with E-state index in [4.69, 9.17) is 5.26 Å². The molecule has 2 nitrogen and oxygen atoms in total. The first-order valence-corrected chi connectivity index (χ1v) is 7.39. The number of hydrogen-bond donors (Lipinski definition) is 0. The second-order valence-electron chi connectivity index (χ2n) is 6.25. The number of piperidine rings is 1. The van der Waals surface area contributed by atoms with Crippen molar-refractivity contribution >= 4 is 0 Å². The fourth-order valence-electron chi connectivity index (χ4n) is 3.12. The van der Waals surface area contributed by atoms with E-state index >= 15 is 0 Å². The Morgan fingerprint density at radius 3 is 2.35 bits per heavy atom. The van der Waals surface area contributed by atoms with E-state index in [0.29, 0.717) is 12.3 Å². The minimum Gasteiger partial charge on any atom is -0.299 e. The van der Waals surface area contributed by atoms with Gasteiger partial charge in [0.25, 0.3) is 0 Å². The van der Waals surface area contributed by atoms with Gasteiger partial charge in [-0.05, 0) is 55.0 Å². The smallest absolute Gasteiger partial charge is 0.123 e. The summed E-state index contributed by atoms with van der Waals surface area (Å²) in [4.78, 5) is 2.41. The summed E-state index contributed by atoms with van der Waals surface area (Å²) in [6.07, 6.45) is 2.83. The SMILES string of the molecule is CC(C)C1(CC#N)CCN(Cc2ccc(F)cc2)CC1. The van der Waals surface area contributed by atoms with E-state index in [0.717, 1.165) is 38.0 Å². The Balaban J connectivity index is 1.93. The van der Waals surface area contributed by atoms with Crippen LogP contribution < -0.4 is 0 Å². The van der Waals surface area contributed by atoms with Crippen molar-refractivity contribution in [2.45, 2.75) is 39.7 Å². The molecule has 0 N–H and O–H groups in total. The number of nitrogens with zero attached hydrogens (tertiary/aromatic N) is 2. The van der Waals surface area contributed by atoms with Gasteiger partial charge in [0.05, 0.1) is 6.07 Å². The molecule has 0 radical (unpaired) electrons. The van der Waals surface area contributed by atoms with Crippen LogP contribution in [0.15, 0.2) is 24.3 Å². The molecule has 0 bridgehead atoms. The van der Waals surface area contributed by atoms with Crippen molar-refractivity contribution in [1.82, 2.24) is 4.90 Å². The molecule has 1 heterocycles. The summed E-state index contributed by atoms with van der Waals surface area (Å²) < 4.78 is 12.9. The van der Waals surface area contributed by atoms with E-state index < -0.39 is 0 Å². The van der Waals surface area contributed by atoms with Gasteiger partial charge < -0.3 is 0 Å². The van der Waals surface area contributed by atoms with Crippen molar-refractivity contribution in [2.24, 2.45) is 11.3 Å². The highest BCUT2D eigenvalue weighted by molar-refractivity contribution is 5.16. The Bertz CT molecular complexity index is 465. The molecule has 2 rings (SSSR count). The van der Waals surface area contributed by atoms with Gasteiger partial charge in [0.15, 0.2) is 0 Å². The summed E-state index contributed by atoms with van der Waals surface area (Å²) in [5, 5.41) is 9.06. The van der Waals surface area contributed by atoms with E-state index in [1.807, 2.05) is 12.1 Å². The Morgan fingerprint density at radius 2 is 1.85 bits per heavy atom. The van der Waals surface area contributed by atoms with Crippen LogP contribution in [-0.2, 0) is 6.54 Å². The van der Waals surface area contributed by atoms with Gasteiger partial charge in [-0.2, -0.15) is 5.26 Å². The summed E-state index contributed by atoms with van der Waals surface area (Å²) in [6, 6.07) is 9.12. The molecule has 1 saturated heterocycles. The van der Waals surface area contributed by atoms with Crippen LogP contribution in [0.25, 0.3) is 0 Å². The third kappa shape index (κ3) is 3.37. The lowest BCUT2D eigenvalue weighted by Gasteiger charge is -2.43. The van der Waals surface area contributed by atoms with Gasteiger partial charge >= 0.3 is 0 Å². The molecule has 20 heavy (non-hydrogen) atoms. The molecule has 0 saturated carbocycles. The second kappa shape index (κ2) is 6.37. The standard InChI is InChI=1S/C17H23FN2/c1-14(2)17(7-10-19)8-11-20(12-9-17)13-15-3-5-16(18)6-4-15/h3-6,14H,7-9,11-13H2,1-2H3. The maximum absolute atomic E-state index is 12.9. The molecule has 0 amide bonds. The average molecular weight is 274 g/mol. The lowest BCUT2D eigenvalue weighted by molar-refractivity contribution is 0.0617. The Morgan fingerprint density at radius 1 is 1.25 bits per heavy atom. The van der Waals surface area contributed by atoms with Crippen molar-refractivity contribution < 1.29 is 4.39 Å². The topological polar surface area (TPSA) is 27.0 Å². The van der Waals surface area contributed by atoms with Crippen LogP contribution in [-0.4, -0.2) is 18.0 Å². The second-order valence-corrected chi connectivity index (χ2v) is 6.25. The van der Waals surface area contributed by atoms with Crippen molar-refractivity contribution in [3.05, 3.63) is 35.6 Å². The Kier molecular flexibility index (Phi) is 4.77. The summed E-state index contributed by atoms with van der Waals surface area (Å²) in [7, 11) is 0. The zero-order valence-corrected chi connectivity index (χ0v) is 12.4. The van der Waals surface area contributed by atoms with Crippen LogP contribution in [0.5, 0.6) is 0 Å². The molecule has 0 aliphatic carbocycles. The van der Waals surface area contributed by atoms with E-state index in [1.54, 1.807) is 0 Å². The van der Waals surface area contributed by atoms with Crippen molar-refractivity contribution in [3.63, 3.8) is 0 Å². The molecule has 1 aromatic rings. The molecule has 1 aromatic carbocycles. The fraction of sp³-hybridized carbons (Fsp3) is 0.588. The predicted molar refractivity (Wildman–Crippen MR) is 78.4 cm³/mol. The summed E-state index contributed by atoms with van der Waals surface area (Å²) >= 11 is 0. The van der Waals surface area contributed by atoms with Crippen LogP contribution in [0.1, 0.15) is 38.7 Å². The summed E-state index contributed by atoms with van der Waals surface area (Å²) in [5.74, 6) is 0.371. The number of benzene rings is 1. The number of hydrogen-bond acceptors (Lipinski definition) is 2. The third-order valence-corrected chi connectivity index (χ3v) is 4.83. The van der Waals surface area contributed by atoms with E-state index in [-0.39, 0.29) is 11.2 Å². The number of nitriles is 1. The lowest BCUT2D eigenvalue weighted by Crippen LogP contribution is -2.42. The molecule has 0 unspecified atom stereocenters. The quantitative estimate of drug-likeness (QED) is 0.830. The van der Waals surface area contributed by atoms with Crippen LogP contribution in [0, 0.1) is 28.5 Å². The highest BCUT2D eigenvalue weighted by Gasteiger charge is 2.37. The molecule has 1 aliphatic heterocycles. The Labute approximate surface area is 121 Å². The maximum Gasteiger partial charge on any atom is 0.123 e. The first-order valence-electron chi connectivity index (χ1n) is 7.39. The van der Waals surface area contributed by atoms with Crippen LogP contribution in [0.2, 0.25) is 0 Å². The molecule has 0 atom stereocenters. The van der Waals surface area contributed by atoms with E-state index in [2.05, 4.69) is 24.8 Å². The zero-order valence-electron chi connectivity index (χ0n) is 12.4. The highest BCUT2D eigenvalue weighted by Crippen LogP contribution is 2.41.